The fourth-order valence-electron chi connectivity index (χ4n) is 1.43. The molecule has 0 saturated heterocycles. The van der Waals surface area contributed by atoms with Crippen LogP contribution in [0.1, 0.15) is 30.9 Å². The van der Waals surface area contributed by atoms with Crippen molar-refractivity contribution in [3.05, 3.63) is 18.0 Å². The first kappa shape index (κ1) is 7.53. The molecule has 1 heterocycles. The number of nitrogens with zero attached hydrogens (tertiary/aromatic N) is 2. The molecular formula is C9H12N2O. The maximum absolute atomic E-state index is 10.2. The van der Waals surface area contributed by atoms with E-state index in [-0.39, 0.29) is 0 Å². The Bertz CT molecular complexity index is 276. The van der Waals surface area contributed by atoms with E-state index < -0.39 is 0 Å². The lowest BCUT2D eigenvalue weighted by molar-refractivity contribution is -0.107. The zero-order valence-corrected chi connectivity index (χ0v) is 6.94. The van der Waals surface area contributed by atoms with Crippen molar-refractivity contribution < 1.29 is 4.79 Å². The fourth-order valence-corrected chi connectivity index (χ4v) is 1.43. The minimum absolute atomic E-state index is 0.493. The van der Waals surface area contributed by atoms with Gasteiger partial charge in [-0.15, -0.1) is 0 Å². The molecule has 12 heavy (non-hydrogen) atoms. The Kier molecular flexibility index (Phi) is 1.94. The van der Waals surface area contributed by atoms with E-state index in [9.17, 15) is 4.79 Å². The van der Waals surface area contributed by atoms with Crippen molar-refractivity contribution in [2.45, 2.75) is 31.7 Å². The summed E-state index contributed by atoms with van der Waals surface area (Å²) in [5.41, 5.74) is 1.02. The van der Waals surface area contributed by atoms with Gasteiger partial charge in [-0.25, -0.2) is 0 Å². The molecule has 3 nitrogen and oxygen atoms in total. The predicted octanol–water partition coefficient (Wildman–Crippen LogP) is 1.35. The Morgan fingerprint density at radius 3 is 3.08 bits per heavy atom. The Labute approximate surface area is 71.4 Å². The average molecular weight is 164 g/mol. The summed E-state index contributed by atoms with van der Waals surface area (Å²) >= 11 is 0. The summed E-state index contributed by atoms with van der Waals surface area (Å²) < 4.78 is 1.99. The highest BCUT2D eigenvalue weighted by atomic mass is 16.1. The van der Waals surface area contributed by atoms with Gasteiger partial charge in [-0.3, -0.25) is 4.68 Å². The molecule has 0 bridgehead atoms. The third-order valence-corrected chi connectivity index (χ3v) is 2.42. The number of carbonyl (C=O) groups excluding carboxylic acids is 1. The summed E-state index contributed by atoms with van der Waals surface area (Å²) in [6.45, 7) is 0. The van der Waals surface area contributed by atoms with Crippen LogP contribution in [-0.2, 0) is 11.2 Å². The largest absolute Gasteiger partial charge is 0.303 e. The second-order valence-electron chi connectivity index (χ2n) is 3.28. The number of hydrogen-bond acceptors (Lipinski definition) is 2. The third kappa shape index (κ3) is 1.26. The number of hydrogen-bond donors (Lipinski definition) is 0. The van der Waals surface area contributed by atoms with Crippen molar-refractivity contribution in [3.8, 4) is 0 Å². The van der Waals surface area contributed by atoms with Crippen LogP contribution in [0.25, 0.3) is 0 Å². The zero-order chi connectivity index (χ0) is 8.39. The van der Waals surface area contributed by atoms with Gasteiger partial charge in [0, 0.05) is 12.6 Å². The minimum atomic E-state index is 0.493. The van der Waals surface area contributed by atoms with Gasteiger partial charge in [-0.2, -0.15) is 5.10 Å². The van der Waals surface area contributed by atoms with E-state index in [0.29, 0.717) is 12.5 Å². The first-order valence-electron chi connectivity index (χ1n) is 4.37. The van der Waals surface area contributed by atoms with Gasteiger partial charge >= 0.3 is 0 Å². The van der Waals surface area contributed by atoms with Crippen LogP contribution in [0, 0.1) is 0 Å². The molecule has 0 N–H and O–H groups in total. The molecule has 0 spiro atoms. The van der Waals surface area contributed by atoms with Gasteiger partial charge in [-0.05, 0) is 24.8 Å². The van der Waals surface area contributed by atoms with Crippen LogP contribution < -0.4 is 0 Å². The molecule has 1 aromatic rings. The highest BCUT2D eigenvalue weighted by Crippen LogP contribution is 2.30. The number of rotatable bonds is 3. The maximum Gasteiger partial charge on any atom is 0.124 e. The molecule has 1 aliphatic rings. The monoisotopic (exact) mass is 164 g/mol. The molecule has 0 radical (unpaired) electrons. The maximum atomic E-state index is 10.2. The average Bonchev–Trinajstić information content (AvgIpc) is 2.34. The highest BCUT2D eigenvalue weighted by molar-refractivity contribution is 5.54. The van der Waals surface area contributed by atoms with Gasteiger partial charge in [0.2, 0.25) is 0 Å². The van der Waals surface area contributed by atoms with Crippen molar-refractivity contribution >= 4 is 6.29 Å². The Morgan fingerprint density at radius 1 is 1.67 bits per heavy atom. The molecular weight excluding hydrogens is 152 g/mol. The second kappa shape index (κ2) is 3.09. The lowest BCUT2D eigenvalue weighted by atomic mass is 9.93. The Balaban J connectivity index is 2.07. The first-order valence-corrected chi connectivity index (χ1v) is 4.37. The van der Waals surface area contributed by atoms with E-state index in [2.05, 4.69) is 5.10 Å². The number of aldehydes is 1. The molecule has 0 unspecified atom stereocenters. The summed E-state index contributed by atoms with van der Waals surface area (Å²) in [5, 5.41) is 4.21. The summed E-state index contributed by atoms with van der Waals surface area (Å²) in [6.07, 6.45) is 8.97. The minimum Gasteiger partial charge on any atom is -0.303 e. The Hall–Kier alpha value is -1.12. The highest BCUT2D eigenvalue weighted by Gasteiger charge is 2.19. The molecule has 1 aromatic heterocycles. The molecule has 3 heteroatoms. The predicted molar refractivity (Wildman–Crippen MR) is 44.9 cm³/mol. The fraction of sp³-hybridized carbons (Fsp3) is 0.556. The van der Waals surface area contributed by atoms with Crippen LogP contribution in [0.15, 0.2) is 12.4 Å². The number of carbonyl (C=O) groups is 1. The summed E-state index contributed by atoms with van der Waals surface area (Å²) in [5.74, 6) is 0. The van der Waals surface area contributed by atoms with E-state index >= 15 is 0 Å². The molecule has 1 saturated carbocycles. The molecule has 0 aliphatic heterocycles. The van der Waals surface area contributed by atoms with E-state index in [1.54, 1.807) is 6.20 Å². The number of aromatic nitrogens is 2. The molecule has 64 valence electrons. The van der Waals surface area contributed by atoms with Crippen LogP contribution in [0.4, 0.5) is 0 Å². The van der Waals surface area contributed by atoms with Crippen LogP contribution >= 0.6 is 0 Å². The van der Waals surface area contributed by atoms with Crippen LogP contribution in [0.5, 0.6) is 0 Å². The van der Waals surface area contributed by atoms with Crippen molar-refractivity contribution in [2.75, 3.05) is 0 Å². The van der Waals surface area contributed by atoms with Gasteiger partial charge in [0.25, 0.3) is 0 Å². The topological polar surface area (TPSA) is 34.9 Å². The van der Waals surface area contributed by atoms with Crippen LogP contribution in [0.2, 0.25) is 0 Å². The smallest absolute Gasteiger partial charge is 0.124 e. The van der Waals surface area contributed by atoms with Crippen molar-refractivity contribution in [1.82, 2.24) is 9.78 Å². The van der Waals surface area contributed by atoms with Gasteiger partial charge in [0.1, 0.15) is 6.29 Å². The van der Waals surface area contributed by atoms with Gasteiger partial charge in [0.15, 0.2) is 0 Å². The molecule has 0 atom stereocenters. The second-order valence-corrected chi connectivity index (χ2v) is 3.28. The van der Waals surface area contributed by atoms with Gasteiger partial charge < -0.3 is 4.79 Å². The summed E-state index contributed by atoms with van der Waals surface area (Å²) in [4.78, 5) is 10.2. The quantitative estimate of drug-likeness (QED) is 0.632. The van der Waals surface area contributed by atoms with Crippen molar-refractivity contribution in [2.24, 2.45) is 0 Å². The lowest BCUT2D eigenvalue weighted by Gasteiger charge is -2.25. The normalized spacial score (nSPS) is 17.3. The van der Waals surface area contributed by atoms with Gasteiger partial charge in [0.05, 0.1) is 12.2 Å². The van der Waals surface area contributed by atoms with E-state index in [1.165, 1.54) is 19.3 Å². The summed E-state index contributed by atoms with van der Waals surface area (Å²) in [7, 11) is 0. The summed E-state index contributed by atoms with van der Waals surface area (Å²) in [6, 6.07) is 0.602. The molecule has 1 fully saturated rings. The van der Waals surface area contributed by atoms with Crippen LogP contribution in [0.3, 0.4) is 0 Å². The van der Waals surface area contributed by atoms with E-state index in [0.717, 1.165) is 11.8 Å². The standard InChI is InChI=1S/C9H12N2O/c12-5-4-8-6-10-11(7-8)9-2-1-3-9/h5-7,9H,1-4H2. The molecule has 0 amide bonds. The van der Waals surface area contributed by atoms with Gasteiger partial charge in [-0.1, -0.05) is 0 Å². The zero-order valence-electron chi connectivity index (χ0n) is 6.94. The molecule has 2 rings (SSSR count). The van der Waals surface area contributed by atoms with E-state index in [1.807, 2.05) is 10.9 Å². The molecule has 1 aliphatic carbocycles. The molecule has 0 aromatic carbocycles. The van der Waals surface area contributed by atoms with Crippen molar-refractivity contribution in [1.29, 1.82) is 0 Å². The van der Waals surface area contributed by atoms with Crippen molar-refractivity contribution in [3.63, 3.8) is 0 Å². The lowest BCUT2D eigenvalue weighted by Crippen LogP contribution is -2.17. The first-order chi connectivity index (χ1) is 5.90. The SMILES string of the molecule is O=CCc1cnn(C2CCC2)c1. The van der Waals surface area contributed by atoms with E-state index in [4.69, 9.17) is 0 Å². The Morgan fingerprint density at radius 2 is 2.50 bits per heavy atom. The third-order valence-electron chi connectivity index (χ3n) is 2.42. The van der Waals surface area contributed by atoms with Crippen LogP contribution in [-0.4, -0.2) is 16.1 Å².